The van der Waals surface area contributed by atoms with Crippen molar-refractivity contribution in [2.24, 2.45) is 0 Å². The zero-order valence-corrected chi connectivity index (χ0v) is 18.8. The van der Waals surface area contributed by atoms with Crippen LogP contribution in [0.25, 0.3) is 5.57 Å². The van der Waals surface area contributed by atoms with Crippen molar-refractivity contribution >= 4 is 28.8 Å². The van der Waals surface area contributed by atoms with Crippen molar-refractivity contribution < 1.29 is 19.2 Å². The van der Waals surface area contributed by atoms with E-state index in [9.17, 15) is 19.7 Å². The number of imide groups is 1. The van der Waals surface area contributed by atoms with Gasteiger partial charge in [-0.05, 0) is 42.8 Å². The molecule has 172 valence electrons. The van der Waals surface area contributed by atoms with Gasteiger partial charge >= 0.3 is 0 Å². The molecule has 8 heteroatoms. The smallest absolute Gasteiger partial charge is 0.278 e. The molecule has 2 amide bonds. The molecule has 0 aromatic heterocycles. The Bertz CT molecular complexity index is 1270. The molecule has 0 spiro atoms. The summed E-state index contributed by atoms with van der Waals surface area (Å²) in [5, 5.41) is 11.1. The maximum absolute atomic E-state index is 13.7. The van der Waals surface area contributed by atoms with Crippen LogP contribution < -0.4 is 9.64 Å². The average molecular weight is 457 g/mol. The Hall–Kier alpha value is -4.46. The van der Waals surface area contributed by atoms with E-state index in [2.05, 4.69) is 0 Å². The van der Waals surface area contributed by atoms with E-state index in [-0.39, 0.29) is 23.5 Å². The first-order valence-electron chi connectivity index (χ1n) is 10.8. The maximum Gasteiger partial charge on any atom is 0.278 e. The molecule has 3 aromatic carbocycles. The van der Waals surface area contributed by atoms with Crippen LogP contribution in [-0.4, -0.2) is 35.3 Å². The number of nitro benzene ring substituents is 1. The summed E-state index contributed by atoms with van der Waals surface area (Å²) in [7, 11) is 1.53. The molecule has 1 heterocycles. The number of nitro groups is 1. The fourth-order valence-corrected chi connectivity index (χ4v) is 4.05. The standard InChI is InChI=1S/C26H23N3O5/c1-3-27(20-10-5-4-6-11-20)24-23(18-13-15-21(16-14-18)29(32)33)25(30)28(26(24)31)17-19-9-7-8-12-22(19)34-2/h4-16H,3,17H2,1-2H3. The van der Waals surface area contributed by atoms with Gasteiger partial charge in [0.15, 0.2) is 0 Å². The topological polar surface area (TPSA) is 93.0 Å². The molecule has 0 radical (unpaired) electrons. The van der Waals surface area contributed by atoms with Gasteiger partial charge in [0.2, 0.25) is 0 Å². The number of methoxy groups -OCH3 is 1. The van der Waals surface area contributed by atoms with Gasteiger partial charge in [-0.25, -0.2) is 0 Å². The van der Waals surface area contributed by atoms with Gasteiger partial charge in [-0.1, -0.05) is 36.4 Å². The number of carbonyl (C=O) groups is 2. The molecule has 0 saturated carbocycles. The second-order valence-electron chi connectivity index (χ2n) is 7.62. The van der Waals surface area contributed by atoms with Crippen LogP contribution in [0.15, 0.2) is 84.6 Å². The van der Waals surface area contributed by atoms with Crippen LogP contribution in [0.3, 0.4) is 0 Å². The zero-order valence-electron chi connectivity index (χ0n) is 18.8. The Labute approximate surface area is 196 Å². The molecular weight excluding hydrogens is 434 g/mol. The predicted octanol–water partition coefficient (Wildman–Crippen LogP) is 4.41. The molecule has 0 bridgehead atoms. The Morgan fingerprint density at radius 1 is 0.912 bits per heavy atom. The number of likely N-dealkylation sites (N-methyl/N-ethyl adjacent to an activating group) is 1. The molecule has 8 nitrogen and oxygen atoms in total. The highest BCUT2D eigenvalue weighted by Gasteiger charge is 2.42. The zero-order chi connectivity index (χ0) is 24.2. The van der Waals surface area contributed by atoms with Gasteiger partial charge in [-0.2, -0.15) is 0 Å². The number of carbonyl (C=O) groups excluding carboxylic acids is 2. The number of amides is 2. The number of hydrogen-bond donors (Lipinski definition) is 0. The Morgan fingerprint density at radius 3 is 2.18 bits per heavy atom. The van der Waals surface area contributed by atoms with Crippen molar-refractivity contribution in [1.29, 1.82) is 0 Å². The number of ether oxygens (including phenoxy) is 1. The molecule has 3 aromatic rings. The highest BCUT2D eigenvalue weighted by Crippen LogP contribution is 2.36. The molecular formula is C26H23N3O5. The number of non-ortho nitro benzene ring substituents is 1. The lowest BCUT2D eigenvalue weighted by molar-refractivity contribution is -0.384. The Morgan fingerprint density at radius 2 is 1.56 bits per heavy atom. The van der Waals surface area contributed by atoms with Crippen LogP contribution in [0.5, 0.6) is 5.75 Å². The van der Waals surface area contributed by atoms with E-state index in [1.54, 1.807) is 17.0 Å². The molecule has 0 N–H and O–H groups in total. The summed E-state index contributed by atoms with van der Waals surface area (Å²) in [5.41, 5.74) is 2.25. The number of benzene rings is 3. The van der Waals surface area contributed by atoms with Crippen molar-refractivity contribution in [3.8, 4) is 5.75 Å². The lowest BCUT2D eigenvalue weighted by Gasteiger charge is -2.25. The average Bonchev–Trinajstić information content (AvgIpc) is 3.10. The molecule has 4 rings (SSSR count). The number of nitrogens with zero attached hydrogens (tertiary/aromatic N) is 3. The lowest BCUT2D eigenvalue weighted by atomic mass is 10.0. The van der Waals surface area contributed by atoms with Crippen molar-refractivity contribution in [2.75, 3.05) is 18.6 Å². The molecule has 0 aliphatic carbocycles. The van der Waals surface area contributed by atoms with Gasteiger partial charge in [-0.3, -0.25) is 24.6 Å². The minimum atomic E-state index is -0.503. The molecule has 0 saturated heterocycles. The van der Waals surface area contributed by atoms with E-state index in [4.69, 9.17) is 4.74 Å². The van der Waals surface area contributed by atoms with Crippen LogP contribution in [0.4, 0.5) is 11.4 Å². The quantitative estimate of drug-likeness (QED) is 0.283. The minimum absolute atomic E-state index is 0.0357. The van der Waals surface area contributed by atoms with E-state index in [1.807, 2.05) is 49.4 Å². The van der Waals surface area contributed by atoms with Gasteiger partial charge in [0.1, 0.15) is 11.4 Å². The summed E-state index contributed by atoms with van der Waals surface area (Å²) < 4.78 is 5.40. The third kappa shape index (κ3) is 4.13. The summed E-state index contributed by atoms with van der Waals surface area (Å²) in [6.07, 6.45) is 0. The Kier molecular flexibility index (Phi) is 6.40. The first-order chi connectivity index (χ1) is 16.5. The van der Waals surface area contributed by atoms with E-state index in [1.165, 1.54) is 36.3 Å². The normalized spacial score (nSPS) is 13.4. The van der Waals surface area contributed by atoms with Crippen molar-refractivity contribution in [3.63, 3.8) is 0 Å². The van der Waals surface area contributed by atoms with Crippen molar-refractivity contribution in [2.45, 2.75) is 13.5 Å². The van der Waals surface area contributed by atoms with Gasteiger partial charge in [0.05, 0.1) is 24.2 Å². The first-order valence-corrected chi connectivity index (χ1v) is 10.8. The lowest BCUT2D eigenvalue weighted by Crippen LogP contribution is -2.35. The SMILES string of the molecule is CCN(C1=C(c2ccc([N+](=O)[O-])cc2)C(=O)N(Cc2ccccc2OC)C1=O)c1ccccc1. The summed E-state index contributed by atoms with van der Waals surface area (Å²) in [6.45, 7) is 2.37. The summed E-state index contributed by atoms with van der Waals surface area (Å²) >= 11 is 0. The second-order valence-corrected chi connectivity index (χ2v) is 7.62. The fourth-order valence-electron chi connectivity index (χ4n) is 4.05. The molecule has 0 unspecified atom stereocenters. The highest BCUT2D eigenvalue weighted by atomic mass is 16.6. The molecule has 0 fully saturated rings. The third-order valence-electron chi connectivity index (χ3n) is 5.69. The van der Waals surface area contributed by atoms with Crippen LogP contribution in [0, 0.1) is 10.1 Å². The van der Waals surface area contributed by atoms with E-state index in [0.29, 0.717) is 23.4 Å². The monoisotopic (exact) mass is 457 g/mol. The highest BCUT2D eigenvalue weighted by molar-refractivity contribution is 6.36. The molecule has 1 aliphatic rings. The van der Waals surface area contributed by atoms with Crippen molar-refractivity contribution in [1.82, 2.24) is 4.90 Å². The first kappa shape index (κ1) is 22.7. The van der Waals surface area contributed by atoms with Crippen LogP contribution in [-0.2, 0) is 16.1 Å². The fraction of sp³-hybridized carbons (Fsp3) is 0.154. The molecule has 34 heavy (non-hydrogen) atoms. The maximum atomic E-state index is 13.7. The third-order valence-corrected chi connectivity index (χ3v) is 5.69. The largest absolute Gasteiger partial charge is 0.496 e. The molecule has 0 atom stereocenters. The Balaban J connectivity index is 1.83. The van der Waals surface area contributed by atoms with Gasteiger partial charge < -0.3 is 9.64 Å². The molecule has 1 aliphatic heterocycles. The van der Waals surface area contributed by atoms with E-state index >= 15 is 0 Å². The van der Waals surface area contributed by atoms with E-state index < -0.39 is 16.7 Å². The summed E-state index contributed by atoms with van der Waals surface area (Å²) in [4.78, 5) is 40.9. The van der Waals surface area contributed by atoms with Gasteiger partial charge in [-0.15, -0.1) is 0 Å². The number of hydrogen-bond acceptors (Lipinski definition) is 6. The van der Waals surface area contributed by atoms with Gasteiger partial charge in [0, 0.05) is 29.9 Å². The van der Waals surface area contributed by atoms with E-state index in [0.717, 1.165) is 5.69 Å². The van der Waals surface area contributed by atoms with Crippen LogP contribution in [0.2, 0.25) is 0 Å². The van der Waals surface area contributed by atoms with Crippen LogP contribution >= 0.6 is 0 Å². The number of para-hydroxylation sites is 2. The van der Waals surface area contributed by atoms with Crippen LogP contribution in [0.1, 0.15) is 18.1 Å². The van der Waals surface area contributed by atoms with Crippen molar-refractivity contribution in [3.05, 3.63) is 106 Å². The number of anilines is 1. The summed E-state index contributed by atoms with van der Waals surface area (Å²) in [5.74, 6) is -0.326. The van der Waals surface area contributed by atoms with Gasteiger partial charge in [0.25, 0.3) is 17.5 Å². The summed E-state index contributed by atoms with van der Waals surface area (Å²) in [6, 6.07) is 22.2. The minimum Gasteiger partial charge on any atom is -0.496 e. The second kappa shape index (κ2) is 9.58. The predicted molar refractivity (Wildman–Crippen MR) is 128 cm³/mol. The number of rotatable bonds is 8.